The van der Waals surface area contributed by atoms with Crippen LogP contribution in [0, 0.1) is 13.8 Å². The second-order valence-corrected chi connectivity index (χ2v) is 4.48. The van der Waals surface area contributed by atoms with Crippen LogP contribution in [-0.4, -0.2) is 26.0 Å². The van der Waals surface area contributed by atoms with Crippen molar-refractivity contribution in [2.45, 2.75) is 20.4 Å². The molecule has 0 aliphatic rings. The molecular weight excluding hydrogens is 172 g/mol. The Labute approximate surface area is 75.2 Å². The van der Waals surface area contributed by atoms with Crippen LogP contribution in [0.3, 0.4) is 0 Å². The molecule has 1 rings (SSSR count). The molecule has 1 atom stereocenters. The molecule has 1 aromatic rings. The van der Waals surface area contributed by atoms with E-state index in [0.29, 0.717) is 5.75 Å². The lowest BCUT2D eigenvalue weighted by molar-refractivity contribution is 0.628. The SMILES string of the molecule is Cc1cc(C)n(CCS(C)=O)n1. The molecule has 0 aliphatic carbocycles. The summed E-state index contributed by atoms with van der Waals surface area (Å²) in [4.78, 5) is 0. The average Bonchev–Trinajstić information content (AvgIpc) is 2.26. The largest absolute Gasteiger partial charge is 0.269 e. The van der Waals surface area contributed by atoms with Gasteiger partial charge in [-0.15, -0.1) is 0 Å². The first-order valence-corrected chi connectivity index (χ1v) is 5.63. The number of hydrogen-bond donors (Lipinski definition) is 0. The lowest BCUT2D eigenvalue weighted by Crippen LogP contribution is -2.09. The van der Waals surface area contributed by atoms with E-state index in [9.17, 15) is 4.21 Å². The Morgan fingerprint density at radius 1 is 1.58 bits per heavy atom. The van der Waals surface area contributed by atoms with Gasteiger partial charge in [0.2, 0.25) is 0 Å². The summed E-state index contributed by atoms with van der Waals surface area (Å²) in [5, 5.41) is 4.26. The van der Waals surface area contributed by atoms with Crippen LogP contribution in [0.25, 0.3) is 0 Å². The van der Waals surface area contributed by atoms with Gasteiger partial charge in [0.05, 0.1) is 12.2 Å². The van der Waals surface area contributed by atoms with Crippen molar-refractivity contribution in [3.8, 4) is 0 Å². The van der Waals surface area contributed by atoms with Crippen LogP contribution in [0.4, 0.5) is 0 Å². The van der Waals surface area contributed by atoms with Crippen molar-refractivity contribution < 1.29 is 4.21 Å². The molecule has 0 aromatic carbocycles. The summed E-state index contributed by atoms with van der Waals surface area (Å²) >= 11 is 0. The number of rotatable bonds is 3. The summed E-state index contributed by atoms with van der Waals surface area (Å²) in [6, 6.07) is 2.03. The van der Waals surface area contributed by atoms with E-state index < -0.39 is 10.8 Å². The molecule has 68 valence electrons. The third-order valence-electron chi connectivity index (χ3n) is 1.69. The first-order chi connectivity index (χ1) is 5.59. The molecule has 0 saturated carbocycles. The van der Waals surface area contributed by atoms with Crippen molar-refractivity contribution in [1.82, 2.24) is 9.78 Å². The number of aromatic nitrogens is 2. The van der Waals surface area contributed by atoms with Gasteiger partial charge in [0, 0.05) is 28.5 Å². The second kappa shape index (κ2) is 3.85. The van der Waals surface area contributed by atoms with Crippen LogP contribution >= 0.6 is 0 Å². The zero-order valence-corrected chi connectivity index (χ0v) is 8.52. The van der Waals surface area contributed by atoms with Gasteiger partial charge in [0.1, 0.15) is 0 Å². The molecule has 0 fully saturated rings. The van der Waals surface area contributed by atoms with Crippen LogP contribution in [0.1, 0.15) is 11.4 Å². The molecule has 1 aromatic heterocycles. The van der Waals surface area contributed by atoms with Gasteiger partial charge in [0.25, 0.3) is 0 Å². The Morgan fingerprint density at radius 3 is 2.67 bits per heavy atom. The summed E-state index contributed by atoms with van der Waals surface area (Å²) in [6.45, 7) is 4.73. The van der Waals surface area contributed by atoms with Gasteiger partial charge in [-0.2, -0.15) is 5.10 Å². The number of nitrogens with zero attached hydrogens (tertiary/aromatic N) is 2. The third-order valence-corrected chi connectivity index (χ3v) is 2.45. The molecule has 0 aliphatic heterocycles. The van der Waals surface area contributed by atoms with E-state index >= 15 is 0 Å². The summed E-state index contributed by atoms with van der Waals surface area (Å²) in [6.07, 6.45) is 1.71. The fourth-order valence-electron chi connectivity index (χ4n) is 1.12. The number of aryl methyl sites for hydroxylation is 3. The highest BCUT2D eigenvalue weighted by atomic mass is 32.2. The van der Waals surface area contributed by atoms with E-state index in [1.807, 2.05) is 24.6 Å². The molecule has 0 saturated heterocycles. The third kappa shape index (κ3) is 2.44. The fraction of sp³-hybridized carbons (Fsp3) is 0.625. The predicted octanol–water partition coefficient (Wildman–Crippen LogP) is 0.878. The molecule has 0 N–H and O–H groups in total. The lowest BCUT2D eigenvalue weighted by Gasteiger charge is -2.01. The van der Waals surface area contributed by atoms with Gasteiger partial charge < -0.3 is 0 Å². The molecule has 1 unspecified atom stereocenters. The topological polar surface area (TPSA) is 34.9 Å². The van der Waals surface area contributed by atoms with Crippen LogP contribution < -0.4 is 0 Å². The van der Waals surface area contributed by atoms with E-state index in [1.54, 1.807) is 6.26 Å². The van der Waals surface area contributed by atoms with Gasteiger partial charge in [0.15, 0.2) is 0 Å². The van der Waals surface area contributed by atoms with Gasteiger partial charge >= 0.3 is 0 Å². The van der Waals surface area contributed by atoms with E-state index in [0.717, 1.165) is 17.9 Å². The van der Waals surface area contributed by atoms with Crippen LogP contribution in [0.2, 0.25) is 0 Å². The smallest absolute Gasteiger partial charge is 0.0596 e. The number of hydrogen-bond acceptors (Lipinski definition) is 2. The van der Waals surface area contributed by atoms with Crippen molar-refractivity contribution in [2.24, 2.45) is 0 Å². The van der Waals surface area contributed by atoms with Crippen molar-refractivity contribution in [3.63, 3.8) is 0 Å². The molecule has 12 heavy (non-hydrogen) atoms. The molecule has 0 radical (unpaired) electrons. The molecule has 0 spiro atoms. The molecule has 0 bridgehead atoms. The van der Waals surface area contributed by atoms with E-state index in [-0.39, 0.29) is 0 Å². The standard InChI is InChI=1S/C8H14N2OS/c1-7-6-8(2)10(9-7)4-5-12(3)11/h6H,4-5H2,1-3H3. The predicted molar refractivity (Wildman–Crippen MR) is 50.6 cm³/mol. The quantitative estimate of drug-likeness (QED) is 0.702. The van der Waals surface area contributed by atoms with Crippen molar-refractivity contribution in [1.29, 1.82) is 0 Å². The second-order valence-electron chi connectivity index (χ2n) is 2.93. The fourth-order valence-corrected chi connectivity index (χ4v) is 1.55. The highest BCUT2D eigenvalue weighted by molar-refractivity contribution is 7.84. The van der Waals surface area contributed by atoms with Crippen LogP contribution in [0.5, 0.6) is 0 Å². The Kier molecular flexibility index (Phi) is 3.03. The molecule has 1 heterocycles. The minimum atomic E-state index is -0.726. The minimum absolute atomic E-state index is 0.682. The van der Waals surface area contributed by atoms with Crippen molar-refractivity contribution in [3.05, 3.63) is 17.5 Å². The van der Waals surface area contributed by atoms with E-state index in [1.165, 1.54) is 0 Å². The normalized spacial score (nSPS) is 13.2. The van der Waals surface area contributed by atoms with Crippen molar-refractivity contribution >= 4 is 10.8 Å². The van der Waals surface area contributed by atoms with Gasteiger partial charge in [-0.25, -0.2) is 0 Å². The minimum Gasteiger partial charge on any atom is -0.269 e. The van der Waals surface area contributed by atoms with Gasteiger partial charge in [-0.1, -0.05) is 0 Å². The van der Waals surface area contributed by atoms with Crippen LogP contribution in [-0.2, 0) is 17.3 Å². The summed E-state index contributed by atoms with van der Waals surface area (Å²) in [5.74, 6) is 0.682. The maximum absolute atomic E-state index is 10.8. The van der Waals surface area contributed by atoms with Crippen molar-refractivity contribution in [2.75, 3.05) is 12.0 Å². The Bertz CT molecular complexity index is 293. The summed E-state index contributed by atoms with van der Waals surface area (Å²) in [5.41, 5.74) is 2.16. The lowest BCUT2D eigenvalue weighted by atomic mass is 10.4. The Hall–Kier alpha value is -0.640. The van der Waals surface area contributed by atoms with Gasteiger partial charge in [-0.05, 0) is 19.9 Å². The zero-order chi connectivity index (χ0) is 9.14. The molecule has 0 amide bonds. The molecular formula is C8H14N2OS. The highest BCUT2D eigenvalue weighted by Gasteiger charge is 2.00. The summed E-state index contributed by atoms with van der Waals surface area (Å²) in [7, 11) is -0.726. The Morgan fingerprint density at radius 2 is 2.25 bits per heavy atom. The maximum Gasteiger partial charge on any atom is 0.0596 e. The summed E-state index contributed by atoms with van der Waals surface area (Å²) < 4.78 is 12.7. The Balaban J connectivity index is 2.62. The average molecular weight is 186 g/mol. The zero-order valence-electron chi connectivity index (χ0n) is 7.70. The van der Waals surface area contributed by atoms with Gasteiger partial charge in [-0.3, -0.25) is 8.89 Å². The highest BCUT2D eigenvalue weighted by Crippen LogP contribution is 2.01. The maximum atomic E-state index is 10.8. The first kappa shape index (κ1) is 9.45. The molecule has 4 heteroatoms. The monoisotopic (exact) mass is 186 g/mol. The first-order valence-electron chi connectivity index (χ1n) is 3.90. The molecule has 3 nitrogen and oxygen atoms in total. The van der Waals surface area contributed by atoms with Crippen LogP contribution in [0.15, 0.2) is 6.07 Å². The van der Waals surface area contributed by atoms with E-state index in [4.69, 9.17) is 0 Å². The van der Waals surface area contributed by atoms with E-state index in [2.05, 4.69) is 5.10 Å².